The quantitative estimate of drug-likeness (QED) is 0.601. The van der Waals surface area contributed by atoms with E-state index in [2.05, 4.69) is 10.3 Å². The number of aromatic nitrogens is 1. The van der Waals surface area contributed by atoms with Gasteiger partial charge in [0.1, 0.15) is 5.75 Å². The van der Waals surface area contributed by atoms with Gasteiger partial charge in [0.25, 0.3) is 0 Å². The molecule has 3 aromatic rings. The van der Waals surface area contributed by atoms with E-state index in [4.69, 9.17) is 9.15 Å². The normalized spacial score (nSPS) is 10.4. The Balaban J connectivity index is 1.53. The number of carbonyl (C=O) groups excluding carboxylic acids is 2. The van der Waals surface area contributed by atoms with Gasteiger partial charge in [0, 0.05) is 29.7 Å². The fourth-order valence-electron chi connectivity index (χ4n) is 2.61. The molecule has 1 amide bonds. The number of benzene rings is 2. The van der Waals surface area contributed by atoms with Gasteiger partial charge in [-0.05, 0) is 43.3 Å². The Labute approximate surface area is 157 Å². The number of hydrogen-bond acceptors (Lipinski definition) is 5. The second-order valence-electron chi connectivity index (χ2n) is 5.88. The topological polar surface area (TPSA) is 81.4 Å². The van der Waals surface area contributed by atoms with Crippen molar-refractivity contribution in [1.82, 2.24) is 4.98 Å². The summed E-state index contributed by atoms with van der Waals surface area (Å²) in [6, 6.07) is 14.2. The lowest BCUT2D eigenvalue weighted by molar-refractivity contribution is -0.116. The van der Waals surface area contributed by atoms with Gasteiger partial charge < -0.3 is 14.5 Å². The average molecular weight is 364 g/mol. The maximum atomic E-state index is 12.2. The summed E-state index contributed by atoms with van der Waals surface area (Å²) in [5.74, 6) is 1.04. The number of carbonyl (C=O) groups is 2. The van der Waals surface area contributed by atoms with Crippen LogP contribution in [0, 0.1) is 0 Å². The average Bonchev–Trinajstić information content (AvgIpc) is 3.22. The molecule has 2 aromatic carbocycles. The Morgan fingerprint density at radius 3 is 2.63 bits per heavy atom. The van der Waals surface area contributed by atoms with Crippen molar-refractivity contribution in [1.29, 1.82) is 0 Å². The van der Waals surface area contributed by atoms with E-state index in [0.717, 1.165) is 11.3 Å². The van der Waals surface area contributed by atoms with Crippen LogP contribution in [-0.4, -0.2) is 23.3 Å². The molecule has 0 atom stereocenters. The first-order chi connectivity index (χ1) is 13.2. The van der Waals surface area contributed by atoms with Gasteiger partial charge in [-0.3, -0.25) is 9.59 Å². The van der Waals surface area contributed by atoms with E-state index in [1.165, 1.54) is 6.39 Å². The van der Waals surface area contributed by atoms with Gasteiger partial charge in [-0.1, -0.05) is 12.1 Å². The first-order valence-electron chi connectivity index (χ1n) is 8.70. The van der Waals surface area contributed by atoms with E-state index in [1.807, 2.05) is 19.1 Å². The van der Waals surface area contributed by atoms with E-state index < -0.39 is 0 Å². The maximum absolute atomic E-state index is 12.2. The molecule has 6 nitrogen and oxygen atoms in total. The predicted octanol–water partition coefficient (Wildman–Crippen LogP) is 4.34. The van der Waals surface area contributed by atoms with Crippen LogP contribution in [0.3, 0.4) is 0 Å². The van der Waals surface area contributed by atoms with Crippen LogP contribution in [0.2, 0.25) is 0 Å². The number of anilines is 1. The molecule has 0 saturated heterocycles. The number of ketones is 1. The number of oxazole rings is 1. The molecule has 1 heterocycles. The zero-order chi connectivity index (χ0) is 19.1. The van der Waals surface area contributed by atoms with Crippen LogP contribution >= 0.6 is 0 Å². The predicted molar refractivity (Wildman–Crippen MR) is 102 cm³/mol. The molecule has 1 N–H and O–H groups in total. The SMILES string of the molecule is CCOc1ccc(C(=O)CCC(=O)Nc2cccc(-c3cnco3)c2)cc1. The molecule has 1 aromatic heterocycles. The monoisotopic (exact) mass is 364 g/mol. The lowest BCUT2D eigenvalue weighted by Gasteiger charge is -2.07. The lowest BCUT2D eigenvalue weighted by Crippen LogP contribution is -2.13. The van der Waals surface area contributed by atoms with Gasteiger partial charge in [0.15, 0.2) is 17.9 Å². The van der Waals surface area contributed by atoms with Crippen molar-refractivity contribution < 1.29 is 18.7 Å². The number of Topliss-reactive ketones (excluding diaryl/α,β-unsaturated/α-hetero) is 1. The van der Waals surface area contributed by atoms with Crippen LogP contribution in [0.1, 0.15) is 30.1 Å². The fraction of sp³-hybridized carbons (Fsp3) is 0.190. The standard InChI is InChI=1S/C21H20N2O4/c1-2-26-18-8-6-15(7-9-18)19(24)10-11-21(25)23-17-5-3-4-16(12-17)20-13-22-14-27-20/h3-9,12-14H,2,10-11H2,1H3,(H,23,25). The van der Waals surface area contributed by atoms with Crippen LogP contribution in [0.5, 0.6) is 5.75 Å². The molecule has 0 unspecified atom stereocenters. The van der Waals surface area contributed by atoms with Crippen molar-refractivity contribution >= 4 is 17.4 Å². The third kappa shape index (κ3) is 5.04. The minimum atomic E-state index is -0.219. The first-order valence-corrected chi connectivity index (χ1v) is 8.70. The number of rotatable bonds is 8. The van der Waals surface area contributed by atoms with E-state index in [-0.39, 0.29) is 24.5 Å². The third-order valence-electron chi connectivity index (χ3n) is 3.93. The van der Waals surface area contributed by atoms with E-state index in [1.54, 1.807) is 42.6 Å². The van der Waals surface area contributed by atoms with Crippen LogP contribution in [0.15, 0.2) is 65.5 Å². The molecule has 0 spiro atoms. The molecule has 3 rings (SSSR count). The summed E-state index contributed by atoms with van der Waals surface area (Å²) in [6.45, 7) is 2.48. The molecular weight excluding hydrogens is 344 g/mol. The summed E-state index contributed by atoms with van der Waals surface area (Å²) in [5, 5.41) is 2.80. The highest BCUT2D eigenvalue weighted by atomic mass is 16.5. The number of ether oxygens (including phenoxy) is 1. The number of nitrogens with one attached hydrogen (secondary N) is 1. The molecular formula is C21H20N2O4. The minimum Gasteiger partial charge on any atom is -0.494 e. The van der Waals surface area contributed by atoms with Gasteiger partial charge in [-0.2, -0.15) is 0 Å². The summed E-state index contributed by atoms with van der Waals surface area (Å²) >= 11 is 0. The van der Waals surface area contributed by atoms with Crippen molar-refractivity contribution in [3.63, 3.8) is 0 Å². The van der Waals surface area contributed by atoms with Crippen molar-refractivity contribution in [3.05, 3.63) is 66.7 Å². The van der Waals surface area contributed by atoms with E-state index >= 15 is 0 Å². The Hall–Kier alpha value is -3.41. The van der Waals surface area contributed by atoms with Gasteiger partial charge in [0.05, 0.1) is 12.8 Å². The van der Waals surface area contributed by atoms with E-state index in [0.29, 0.717) is 23.6 Å². The molecule has 0 aliphatic heterocycles. The largest absolute Gasteiger partial charge is 0.494 e. The van der Waals surface area contributed by atoms with Crippen molar-refractivity contribution in [3.8, 4) is 17.1 Å². The summed E-state index contributed by atoms with van der Waals surface area (Å²) in [6.07, 6.45) is 3.21. The Morgan fingerprint density at radius 2 is 1.93 bits per heavy atom. The van der Waals surface area contributed by atoms with Crippen LogP contribution < -0.4 is 10.1 Å². The molecule has 6 heteroatoms. The highest BCUT2D eigenvalue weighted by Gasteiger charge is 2.11. The maximum Gasteiger partial charge on any atom is 0.224 e. The summed E-state index contributed by atoms with van der Waals surface area (Å²) in [4.78, 5) is 28.3. The van der Waals surface area contributed by atoms with Gasteiger partial charge >= 0.3 is 0 Å². The fourth-order valence-corrected chi connectivity index (χ4v) is 2.61. The van der Waals surface area contributed by atoms with Gasteiger partial charge in [0.2, 0.25) is 5.91 Å². The molecule has 0 bridgehead atoms. The van der Waals surface area contributed by atoms with Gasteiger partial charge in [-0.25, -0.2) is 4.98 Å². The second-order valence-corrected chi connectivity index (χ2v) is 5.88. The lowest BCUT2D eigenvalue weighted by atomic mass is 10.1. The number of amides is 1. The van der Waals surface area contributed by atoms with Crippen molar-refractivity contribution in [2.75, 3.05) is 11.9 Å². The second kappa shape index (κ2) is 8.80. The molecule has 0 radical (unpaired) electrons. The zero-order valence-electron chi connectivity index (χ0n) is 15.0. The summed E-state index contributed by atoms with van der Waals surface area (Å²) < 4.78 is 10.6. The van der Waals surface area contributed by atoms with Crippen LogP contribution in [0.4, 0.5) is 5.69 Å². The highest BCUT2D eigenvalue weighted by Crippen LogP contribution is 2.22. The zero-order valence-corrected chi connectivity index (χ0v) is 15.0. The summed E-state index contributed by atoms with van der Waals surface area (Å²) in [5.41, 5.74) is 2.02. The molecule has 0 saturated carbocycles. The molecule has 0 aliphatic carbocycles. The Kier molecular flexibility index (Phi) is 5.99. The van der Waals surface area contributed by atoms with Crippen molar-refractivity contribution in [2.45, 2.75) is 19.8 Å². The smallest absolute Gasteiger partial charge is 0.224 e. The molecule has 0 aliphatic rings. The Morgan fingerprint density at radius 1 is 1.11 bits per heavy atom. The molecule has 0 fully saturated rings. The third-order valence-corrected chi connectivity index (χ3v) is 3.93. The highest BCUT2D eigenvalue weighted by molar-refractivity contribution is 6.00. The first kappa shape index (κ1) is 18.4. The molecule has 138 valence electrons. The van der Waals surface area contributed by atoms with Crippen LogP contribution in [0.25, 0.3) is 11.3 Å². The summed E-state index contributed by atoms with van der Waals surface area (Å²) in [7, 11) is 0. The minimum absolute atomic E-state index is 0.0800. The number of nitrogens with zero attached hydrogens (tertiary/aromatic N) is 1. The van der Waals surface area contributed by atoms with E-state index in [9.17, 15) is 9.59 Å². The van der Waals surface area contributed by atoms with Gasteiger partial charge in [-0.15, -0.1) is 0 Å². The van der Waals surface area contributed by atoms with Crippen LogP contribution in [-0.2, 0) is 4.79 Å². The number of hydrogen-bond donors (Lipinski definition) is 1. The molecule has 27 heavy (non-hydrogen) atoms. The Bertz CT molecular complexity index is 902. The van der Waals surface area contributed by atoms with Crippen molar-refractivity contribution in [2.24, 2.45) is 0 Å².